The van der Waals surface area contributed by atoms with Crippen LogP contribution in [0.2, 0.25) is 0 Å². The van der Waals surface area contributed by atoms with Gasteiger partial charge >= 0.3 is 11.9 Å². The number of thiophene rings is 2. The number of hydrogen-bond donors (Lipinski definition) is 1. The normalized spacial score (nSPS) is 12.1. The van der Waals surface area contributed by atoms with E-state index in [1.807, 2.05) is 18.4 Å². The fourth-order valence-corrected chi connectivity index (χ4v) is 4.49. The van der Waals surface area contributed by atoms with Crippen molar-refractivity contribution >= 4 is 44.8 Å². The van der Waals surface area contributed by atoms with Crippen molar-refractivity contribution in [3.8, 4) is 0 Å². The van der Waals surface area contributed by atoms with Gasteiger partial charge in [0.25, 0.3) is 5.56 Å². The largest absolute Gasteiger partial charge is 0.462 e. The number of carbonyl (C=O) groups excluding carboxylic acids is 2. The van der Waals surface area contributed by atoms with Crippen LogP contribution in [-0.4, -0.2) is 28.5 Å². The highest BCUT2D eigenvalue weighted by Gasteiger charge is 2.23. The number of esters is 2. The molecule has 0 amide bonds. The van der Waals surface area contributed by atoms with Crippen LogP contribution in [0.1, 0.15) is 56.2 Å². The number of nitrogens with zero attached hydrogens (tertiary/aromatic N) is 1. The summed E-state index contributed by atoms with van der Waals surface area (Å²) in [6.45, 7) is 7.11. The lowest BCUT2D eigenvalue weighted by Crippen LogP contribution is -2.17. The van der Waals surface area contributed by atoms with E-state index >= 15 is 0 Å². The van der Waals surface area contributed by atoms with Crippen LogP contribution in [-0.2, 0) is 9.47 Å². The Hall–Kier alpha value is -2.52. The molecule has 1 atom stereocenters. The molecule has 3 aromatic heterocycles. The van der Waals surface area contributed by atoms with E-state index in [-0.39, 0.29) is 18.0 Å². The molecule has 0 fully saturated rings. The van der Waals surface area contributed by atoms with E-state index in [0.29, 0.717) is 25.5 Å². The van der Waals surface area contributed by atoms with E-state index in [1.54, 1.807) is 20.8 Å². The third-order valence-electron chi connectivity index (χ3n) is 4.00. The molecule has 3 rings (SSSR count). The van der Waals surface area contributed by atoms with Gasteiger partial charge in [0.15, 0.2) is 11.9 Å². The van der Waals surface area contributed by atoms with Gasteiger partial charge in [-0.3, -0.25) is 4.79 Å². The number of aromatic nitrogens is 2. The number of aromatic amines is 1. The molecule has 0 bridgehead atoms. The Labute approximate surface area is 163 Å². The van der Waals surface area contributed by atoms with E-state index in [0.717, 1.165) is 16.9 Å². The Morgan fingerprint density at radius 2 is 2.00 bits per heavy atom. The molecule has 1 N–H and O–H groups in total. The minimum absolute atomic E-state index is 0.228. The summed E-state index contributed by atoms with van der Waals surface area (Å²) in [5.41, 5.74) is 0.990. The minimum Gasteiger partial charge on any atom is -0.462 e. The zero-order valence-electron chi connectivity index (χ0n) is 15.2. The van der Waals surface area contributed by atoms with Gasteiger partial charge in [-0.2, -0.15) is 0 Å². The summed E-state index contributed by atoms with van der Waals surface area (Å²) < 4.78 is 10.5. The maximum absolute atomic E-state index is 12.5. The van der Waals surface area contributed by atoms with Crippen LogP contribution in [0, 0.1) is 13.8 Å². The van der Waals surface area contributed by atoms with E-state index in [1.165, 1.54) is 11.3 Å². The van der Waals surface area contributed by atoms with Crippen LogP contribution in [0.15, 0.2) is 16.2 Å². The lowest BCUT2D eigenvalue weighted by atomic mass is 10.2. The van der Waals surface area contributed by atoms with Gasteiger partial charge in [-0.15, -0.1) is 22.7 Å². The minimum atomic E-state index is -0.746. The first-order chi connectivity index (χ1) is 12.8. The van der Waals surface area contributed by atoms with Crippen LogP contribution in [0.3, 0.4) is 0 Å². The summed E-state index contributed by atoms with van der Waals surface area (Å²) in [5, 5.41) is 2.16. The maximum Gasteiger partial charge on any atom is 0.349 e. The number of nitrogens with one attached hydrogen (secondary N) is 1. The summed E-state index contributed by atoms with van der Waals surface area (Å²) in [7, 11) is 0. The molecular formula is C18H18N2O5S2. The predicted octanol–water partition coefficient (Wildman–Crippen LogP) is 3.76. The summed E-state index contributed by atoms with van der Waals surface area (Å²) in [6.07, 6.45) is -0.746. The van der Waals surface area contributed by atoms with Crippen molar-refractivity contribution in [3.63, 3.8) is 0 Å². The molecular weight excluding hydrogens is 388 g/mol. The van der Waals surface area contributed by atoms with Gasteiger partial charge in [0, 0.05) is 0 Å². The van der Waals surface area contributed by atoms with Gasteiger partial charge in [-0.1, -0.05) is 0 Å². The third kappa shape index (κ3) is 3.65. The fourth-order valence-electron chi connectivity index (χ4n) is 2.60. The van der Waals surface area contributed by atoms with E-state index in [2.05, 4.69) is 9.97 Å². The molecule has 0 spiro atoms. The van der Waals surface area contributed by atoms with E-state index < -0.39 is 18.0 Å². The molecule has 0 aromatic carbocycles. The van der Waals surface area contributed by atoms with Crippen LogP contribution in [0.5, 0.6) is 0 Å². The second-order valence-electron chi connectivity index (χ2n) is 5.89. The van der Waals surface area contributed by atoms with Crippen LogP contribution in [0.25, 0.3) is 10.2 Å². The summed E-state index contributed by atoms with van der Waals surface area (Å²) >= 11 is 2.39. The zero-order valence-corrected chi connectivity index (χ0v) is 16.9. The second-order valence-corrected chi connectivity index (χ2v) is 7.80. The number of hydrogen-bond acceptors (Lipinski definition) is 8. The molecule has 7 nitrogen and oxygen atoms in total. The number of aryl methyl sites for hydroxylation is 2. The molecule has 3 heterocycles. The lowest BCUT2D eigenvalue weighted by Gasteiger charge is -2.12. The van der Waals surface area contributed by atoms with Crippen LogP contribution in [0.4, 0.5) is 0 Å². The summed E-state index contributed by atoms with van der Waals surface area (Å²) in [5.74, 6) is -0.717. The van der Waals surface area contributed by atoms with Crippen molar-refractivity contribution in [2.45, 2.75) is 33.8 Å². The summed E-state index contributed by atoms with van der Waals surface area (Å²) in [6, 6.07) is 1.84. The number of H-pyrrole nitrogens is 1. The zero-order chi connectivity index (χ0) is 19.7. The molecule has 0 aliphatic heterocycles. The number of carbonyl (C=O) groups is 2. The van der Waals surface area contributed by atoms with Gasteiger partial charge in [-0.05, 0) is 50.3 Å². The van der Waals surface area contributed by atoms with Gasteiger partial charge in [-0.25, -0.2) is 14.6 Å². The Kier molecular flexibility index (Phi) is 5.43. The first-order valence-electron chi connectivity index (χ1n) is 8.29. The second kappa shape index (κ2) is 7.61. The van der Waals surface area contributed by atoms with Crippen LogP contribution >= 0.6 is 22.7 Å². The smallest absolute Gasteiger partial charge is 0.349 e. The van der Waals surface area contributed by atoms with Gasteiger partial charge < -0.3 is 14.5 Å². The SMILES string of the molecule is CCOC(=O)c1sc2nc([C@H](C)OC(=O)c3sccc3C)[nH]c(=O)c2c1C. The average molecular weight is 406 g/mol. The van der Waals surface area contributed by atoms with Crippen molar-refractivity contribution in [3.05, 3.63) is 48.5 Å². The standard InChI is InChI=1S/C18H18N2O5S2/c1-5-24-17(22)13-9(3)11-15(21)19-14(20-16(11)27-13)10(4)25-18(23)12-8(2)6-7-26-12/h6-7,10H,5H2,1-4H3,(H,19,20,21)/t10-/m0/s1. The number of ether oxygens (including phenoxy) is 2. The third-order valence-corrected chi connectivity index (χ3v) is 6.16. The van der Waals surface area contributed by atoms with Gasteiger partial charge in [0.05, 0.1) is 12.0 Å². The Bertz CT molecular complexity index is 1080. The van der Waals surface area contributed by atoms with Crippen molar-refractivity contribution in [2.75, 3.05) is 6.61 Å². The molecule has 0 radical (unpaired) electrons. The van der Waals surface area contributed by atoms with Crippen LogP contribution < -0.4 is 5.56 Å². The first kappa shape index (κ1) is 19.2. The van der Waals surface area contributed by atoms with E-state index in [9.17, 15) is 14.4 Å². The van der Waals surface area contributed by atoms with Crippen molar-refractivity contribution in [1.29, 1.82) is 0 Å². The quantitative estimate of drug-likeness (QED) is 0.648. The summed E-state index contributed by atoms with van der Waals surface area (Å²) in [4.78, 5) is 45.2. The maximum atomic E-state index is 12.5. The number of rotatable bonds is 5. The molecule has 27 heavy (non-hydrogen) atoms. The highest BCUT2D eigenvalue weighted by atomic mass is 32.1. The highest BCUT2D eigenvalue weighted by Crippen LogP contribution is 2.29. The molecule has 0 saturated carbocycles. The number of fused-ring (bicyclic) bond motifs is 1. The van der Waals surface area contributed by atoms with Crippen molar-refractivity contribution < 1.29 is 19.1 Å². The Morgan fingerprint density at radius 1 is 1.26 bits per heavy atom. The molecule has 142 valence electrons. The van der Waals surface area contributed by atoms with Gasteiger partial charge in [0.2, 0.25) is 0 Å². The molecule has 0 unspecified atom stereocenters. The predicted molar refractivity (Wildman–Crippen MR) is 104 cm³/mol. The highest BCUT2D eigenvalue weighted by molar-refractivity contribution is 7.20. The van der Waals surface area contributed by atoms with E-state index in [4.69, 9.17) is 9.47 Å². The van der Waals surface area contributed by atoms with Crippen molar-refractivity contribution in [2.24, 2.45) is 0 Å². The molecule has 0 aliphatic rings. The topological polar surface area (TPSA) is 98.3 Å². The molecule has 0 aliphatic carbocycles. The monoisotopic (exact) mass is 406 g/mol. The first-order valence-corrected chi connectivity index (χ1v) is 9.98. The van der Waals surface area contributed by atoms with Gasteiger partial charge in [0.1, 0.15) is 14.6 Å². The van der Waals surface area contributed by atoms with Crippen molar-refractivity contribution in [1.82, 2.24) is 9.97 Å². The Morgan fingerprint density at radius 3 is 2.63 bits per heavy atom. The molecule has 9 heteroatoms. The Balaban J connectivity index is 1.93. The fraction of sp³-hybridized carbons (Fsp3) is 0.333. The lowest BCUT2D eigenvalue weighted by molar-refractivity contribution is 0.0325. The molecule has 3 aromatic rings. The average Bonchev–Trinajstić information content (AvgIpc) is 3.18. The molecule has 0 saturated heterocycles.